The Kier molecular flexibility index (Phi) is 7.43. The Bertz CT molecular complexity index is 758. The minimum atomic E-state index is -0.0862. The first-order valence-corrected chi connectivity index (χ1v) is 10.8. The van der Waals surface area contributed by atoms with Gasteiger partial charge in [0.15, 0.2) is 0 Å². The maximum atomic E-state index is 12.4. The van der Waals surface area contributed by atoms with Crippen LogP contribution in [0.3, 0.4) is 0 Å². The summed E-state index contributed by atoms with van der Waals surface area (Å²) in [5.74, 6) is 0.0966. The molecule has 1 aliphatic rings. The summed E-state index contributed by atoms with van der Waals surface area (Å²) in [4.78, 5) is 30.0. The van der Waals surface area contributed by atoms with Gasteiger partial charge in [-0.05, 0) is 46.6 Å². The summed E-state index contributed by atoms with van der Waals surface area (Å²) < 4.78 is 1.16. The van der Waals surface area contributed by atoms with Gasteiger partial charge in [0.05, 0.1) is 3.79 Å². The molecule has 0 aliphatic carbocycles. The molecule has 5 nitrogen and oxygen atoms in total. The van der Waals surface area contributed by atoms with Gasteiger partial charge in [-0.1, -0.05) is 18.2 Å². The van der Waals surface area contributed by atoms with Crippen molar-refractivity contribution < 1.29 is 9.59 Å². The van der Waals surface area contributed by atoms with Gasteiger partial charge in [-0.2, -0.15) is 0 Å². The molecule has 144 valence electrons. The molecule has 1 aromatic heterocycles. The molecule has 1 aromatic carbocycles. The molecule has 0 radical (unpaired) electrons. The lowest BCUT2D eigenvalue weighted by Gasteiger charge is -2.34. The number of halogens is 1. The first-order chi connectivity index (χ1) is 13.1. The van der Waals surface area contributed by atoms with E-state index < -0.39 is 0 Å². The Balaban J connectivity index is 1.32. The zero-order chi connectivity index (χ0) is 19.1. The third-order valence-corrected chi connectivity index (χ3v) is 6.23. The number of nitrogens with zero attached hydrogens (tertiary/aromatic N) is 2. The van der Waals surface area contributed by atoms with Crippen molar-refractivity contribution in [2.45, 2.75) is 19.4 Å². The van der Waals surface area contributed by atoms with Gasteiger partial charge >= 0.3 is 0 Å². The maximum absolute atomic E-state index is 12.4. The standard InChI is InChI=1S/C20H24BrN3O2S/c21-18-9-8-17(27-18)15-23-11-13-24(14-12-23)19(25)7-4-10-22-20(26)16-5-2-1-3-6-16/h1-3,5-6,8-9H,4,7,10-15H2,(H,22,26). The van der Waals surface area contributed by atoms with Crippen LogP contribution < -0.4 is 5.32 Å². The van der Waals surface area contributed by atoms with Gasteiger partial charge in [-0.3, -0.25) is 14.5 Å². The molecule has 3 rings (SSSR count). The number of thiophene rings is 1. The normalized spacial score (nSPS) is 14.9. The predicted octanol–water partition coefficient (Wildman–Crippen LogP) is 3.37. The lowest BCUT2D eigenvalue weighted by atomic mass is 10.2. The number of hydrogen-bond donors (Lipinski definition) is 1. The van der Waals surface area contributed by atoms with Crippen molar-refractivity contribution in [3.8, 4) is 0 Å². The molecular formula is C20H24BrN3O2S. The highest BCUT2D eigenvalue weighted by Gasteiger charge is 2.21. The van der Waals surface area contributed by atoms with Crippen molar-refractivity contribution in [2.24, 2.45) is 0 Å². The van der Waals surface area contributed by atoms with Gasteiger partial charge in [0.2, 0.25) is 5.91 Å². The Morgan fingerprint density at radius 3 is 2.44 bits per heavy atom. The monoisotopic (exact) mass is 449 g/mol. The van der Waals surface area contributed by atoms with E-state index in [-0.39, 0.29) is 11.8 Å². The topological polar surface area (TPSA) is 52.7 Å². The van der Waals surface area contributed by atoms with E-state index in [9.17, 15) is 9.59 Å². The van der Waals surface area contributed by atoms with Gasteiger partial charge in [0, 0.05) is 56.1 Å². The van der Waals surface area contributed by atoms with Gasteiger partial charge in [0.25, 0.3) is 5.91 Å². The fraction of sp³-hybridized carbons (Fsp3) is 0.400. The summed E-state index contributed by atoms with van der Waals surface area (Å²) >= 11 is 5.26. The summed E-state index contributed by atoms with van der Waals surface area (Å²) in [6.45, 7) is 4.85. The fourth-order valence-corrected chi connectivity index (χ4v) is 4.63. The van der Waals surface area contributed by atoms with Gasteiger partial charge in [-0.25, -0.2) is 0 Å². The number of carbonyl (C=O) groups is 2. The highest BCUT2D eigenvalue weighted by molar-refractivity contribution is 9.11. The largest absolute Gasteiger partial charge is 0.352 e. The number of carbonyl (C=O) groups excluding carboxylic acids is 2. The smallest absolute Gasteiger partial charge is 0.251 e. The van der Waals surface area contributed by atoms with Crippen LogP contribution in [0, 0.1) is 0 Å². The average molecular weight is 450 g/mol. The van der Waals surface area contributed by atoms with Crippen molar-refractivity contribution in [1.82, 2.24) is 15.1 Å². The number of piperazine rings is 1. The maximum Gasteiger partial charge on any atom is 0.251 e. The van der Waals surface area contributed by atoms with Crippen molar-refractivity contribution in [2.75, 3.05) is 32.7 Å². The van der Waals surface area contributed by atoms with Crippen LogP contribution in [0.5, 0.6) is 0 Å². The lowest BCUT2D eigenvalue weighted by molar-refractivity contribution is -0.133. The van der Waals surface area contributed by atoms with E-state index in [1.165, 1.54) is 4.88 Å². The van der Waals surface area contributed by atoms with Crippen molar-refractivity contribution in [1.29, 1.82) is 0 Å². The molecule has 7 heteroatoms. The minimum Gasteiger partial charge on any atom is -0.352 e. The van der Waals surface area contributed by atoms with Crippen LogP contribution in [0.4, 0.5) is 0 Å². The molecule has 2 aromatic rings. The van der Waals surface area contributed by atoms with Gasteiger partial charge < -0.3 is 10.2 Å². The third-order valence-electron chi connectivity index (χ3n) is 4.62. The van der Waals surface area contributed by atoms with E-state index in [2.05, 4.69) is 38.3 Å². The molecule has 1 N–H and O–H groups in total. The predicted molar refractivity (Wildman–Crippen MR) is 112 cm³/mol. The van der Waals surface area contributed by atoms with Crippen LogP contribution in [0.1, 0.15) is 28.1 Å². The zero-order valence-electron chi connectivity index (χ0n) is 15.2. The molecular weight excluding hydrogens is 426 g/mol. The molecule has 0 saturated carbocycles. The number of nitrogens with one attached hydrogen (secondary N) is 1. The summed E-state index contributed by atoms with van der Waals surface area (Å²) in [6.07, 6.45) is 1.15. The molecule has 1 aliphatic heterocycles. The van der Waals surface area contributed by atoms with Crippen molar-refractivity contribution in [3.63, 3.8) is 0 Å². The zero-order valence-corrected chi connectivity index (χ0v) is 17.6. The Morgan fingerprint density at radius 1 is 1.04 bits per heavy atom. The molecule has 1 fully saturated rings. The summed E-state index contributed by atoms with van der Waals surface area (Å²) in [5.41, 5.74) is 0.651. The van der Waals surface area contributed by atoms with Crippen LogP contribution in [-0.2, 0) is 11.3 Å². The van der Waals surface area contributed by atoms with Gasteiger partial charge in [-0.15, -0.1) is 11.3 Å². The number of hydrogen-bond acceptors (Lipinski definition) is 4. The molecule has 0 unspecified atom stereocenters. The highest BCUT2D eigenvalue weighted by atomic mass is 79.9. The Morgan fingerprint density at radius 2 is 1.78 bits per heavy atom. The first kappa shape index (κ1) is 20.0. The first-order valence-electron chi connectivity index (χ1n) is 9.19. The van der Waals surface area contributed by atoms with E-state index in [0.29, 0.717) is 24.9 Å². The summed E-state index contributed by atoms with van der Waals surface area (Å²) in [6, 6.07) is 13.4. The van der Waals surface area contributed by atoms with E-state index in [0.717, 1.165) is 36.5 Å². The van der Waals surface area contributed by atoms with Crippen molar-refractivity contribution >= 4 is 39.1 Å². The Hall–Kier alpha value is -1.70. The van der Waals surface area contributed by atoms with E-state index in [1.807, 2.05) is 23.1 Å². The average Bonchev–Trinajstić information content (AvgIpc) is 3.10. The van der Waals surface area contributed by atoms with Crippen LogP contribution in [0.25, 0.3) is 0 Å². The number of benzene rings is 1. The SMILES string of the molecule is O=C(NCCCC(=O)N1CCN(Cc2ccc(Br)s2)CC1)c1ccccc1. The van der Waals surface area contributed by atoms with E-state index >= 15 is 0 Å². The van der Waals surface area contributed by atoms with Crippen LogP contribution >= 0.6 is 27.3 Å². The minimum absolute atomic E-state index is 0.0862. The third kappa shape index (κ3) is 6.16. The molecule has 2 amide bonds. The molecule has 27 heavy (non-hydrogen) atoms. The molecule has 0 bridgehead atoms. The van der Waals surface area contributed by atoms with Crippen LogP contribution in [-0.4, -0.2) is 54.3 Å². The van der Waals surface area contributed by atoms with Crippen LogP contribution in [0.2, 0.25) is 0 Å². The Labute approximate surface area is 172 Å². The molecule has 2 heterocycles. The quantitative estimate of drug-likeness (QED) is 0.659. The molecule has 0 spiro atoms. The van der Waals surface area contributed by atoms with Crippen molar-refractivity contribution in [3.05, 3.63) is 56.7 Å². The molecule has 1 saturated heterocycles. The second-order valence-corrected chi connectivity index (χ2v) is 9.14. The second-order valence-electron chi connectivity index (χ2n) is 6.59. The second kappa shape index (κ2) is 10.0. The fourth-order valence-electron chi connectivity index (χ4n) is 3.10. The molecule has 0 atom stereocenters. The summed E-state index contributed by atoms with van der Waals surface area (Å²) in [7, 11) is 0. The number of rotatable bonds is 7. The van der Waals surface area contributed by atoms with E-state index in [4.69, 9.17) is 0 Å². The lowest BCUT2D eigenvalue weighted by Crippen LogP contribution is -2.48. The number of amides is 2. The van der Waals surface area contributed by atoms with Crippen LogP contribution in [0.15, 0.2) is 46.3 Å². The van der Waals surface area contributed by atoms with Gasteiger partial charge in [0.1, 0.15) is 0 Å². The summed E-state index contributed by atoms with van der Waals surface area (Å²) in [5, 5.41) is 2.87. The van der Waals surface area contributed by atoms with E-state index in [1.54, 1.807) is 23.5 Å². The highest BCUT2D eigenvalue weighted by Crippen LogP contribution is 2.23.